The number of anilines is 1. The fourth-order valence-electron chi connectivity index (χ4n) is 5.01. The molecule has 2 aliphatic rings. The first-order valence-electron chi connectivity index (χ1n) is 11.6. The maximum Gasteiger partial charge on any atom is 0.412 e. The summed E-state index contributed by atoms with van der Waals surface area (Å²) in [5.41, 5.74) is 4.73. The minimum atomic E-state index is -0.832. The largest absolute Gasteiger partial charge is 0.481 e. The van der Waals surface area contributed by atoms with Gasteiger partial charge in [-0.3, -0.25) is 19.6 Å². The summed E-state index contributed by atoms with van der Waals surface area (Å²) in [7, 11) is 1.66. The van der Waals surface area contributed by atoms with Crippen molar-refractivity contribution in [3.63, 3.8) is 0 Å². The van der Waals surface area contributed by atoms with Crippen LogP contribution in [-0.4, -0.2) is 45.5 Å². The maximum atomic E-state index is 12.8. The minimum absolute atomic E-state index is 0.0722. The standard InChI is InChI=1S/C26H26N4O5/c1-30-13-21(25(33)27-16-10-15(11-16)12-23(31)32)24(29-30)28-26(34)35-14-22-19-8-4-2-6-17(19)18-7-3-5-9-20(18)22/h2-9,13,15-16,22H,10-12,14H2,1H3,(H,27,33)(H,31,32)(H,28,29,34). The van der Waals surface area contributed by atoms with Crippen LogP contribution in [0.25, 0.3) is 11.1 Å². The Morgan fingerprint density at radius 3 is 2.31 bits per heavy atom. The summed E-state index contributed by atoms with van der Waals surface area (Å²) in [6.07, 6.45) is 2.18. The predicted molar refractivity (Wildman–Crippen MR) is 128 cm³/mol. The second kappa shape index (κ2) is 9.25. The van der Waals surface area contributed by atoms with Crippen LogP contribution in [0.5, 0.6) is 0 Å². The van der Waals surface area contributed by atoms with E-state index in [0.717, 1.165) is 22.3 Å². The highest BCUT2D eigenvalue weighted by molar-refractivity contribution is 6.01. The summed E-state index contributed by atoms with van der Waals surface area (Å²) >= 11 is 0. The van der Waals surface area contributed by atoms with Crippen LogP contribution in [-0.2, 0) is 16.6 Å². The molecule has 180 valence electrons. The fraction of sp³-hybridized carbons (Fsp3) is 0.308. The number of amides is 2. The zero-order chi connectivity index (χ0) is 24.5. The number of carboxylic acids is 1. The smallest absolute Gasteiger partial charge is 0.412 e. The lowest BCUT2D eigenvalue weighted by atomic mass is 9.78. The van der Waals surface area contributed by atoms with Gasteiger partial charge in [-0.05, 0) is 41.0 Å². The van der Waals surface area contributed by atoms with Crippen molar-refractivity contribution in [3.05, 3.63) is 71.4 Å². The number of fused-ring (bicyclic) bond motifs is 3. The Bertz CT molecular complexity index is 1250. The molecule has 0 spiro atoms. The van der Waals surface area contributed by atoms with E-state index < -0.39 is 12.1 Å². The Kier molecular flexibility index (Phi) is 5.98. The molecule has 1 saturated carbocycles. The van der Waals surface area contributed by atoms with Crippen molar-refractivity contribution >= 4 is 23.8 Å². The average molecular weight is 475 g/mol. The van der Waals surface area contributed by atoms with E-state index in [1.807, 2.05) is 36.4 Å². The van der Waals surface area contributed by atoms with Crippen LogP contribution in [0, 0.1) is 5.92 Å². The molecule has 2 aromatic carbocycles. The molecule has 3 N–H and O–H groups in total. The van der Waals surface area contributed by atoms with Gasteiger partial charge in [0.05, 0.1) is 0 Å². The van der Waals surface area contributed by atoms with Crippen molar-refractivity contribution in [2.24, 2.45) is 13.0 Å². The lowest BCUT2D eigenvalue weighted by molar-refractivity contribution is -0.138. The zero-order valence-corrected chi connectivity index (χ0v) is 19.2. The van der Waals surface area contributed by atoms with E-state index in [2.05, 4.69) is 27.9 Å². The third kappa shape index (κ3) is 4.62. The van der Waals surface area contributed by atoms with Gasteiger partial charge in [0.15, 0.2) is 5.82 Å². The minimum Gasteiger partial charge on any atom is -0.481 e. The molecule has 0 aliphatic heterocycles. The zero-order valence-electron chi connectivity index (χ0n) is 19.2. The van der Waals surface area contributed by atoms with Gasteiger partial charge in [-0.15, -0.1) is 0 Å². The van der Waals surface area contributed by atoms with Gasteiger partial charge in [0.25, 0.3) is 5.91 Å². The Morgan fingerprint density at radius 2 is 1.69 bits per heavy atom. The third-order valence-corrected chi connectivity index (χ3v) is 6.67. The summed E-state index contributed by atoms with van der Waals surface area (Å²) in [5.74, 6) is -1.08. The number of carbonyl (C=O) groups is 3. The lowest BCUT2D eigenvalue weighted by Crippen LogP contribution is -2.44. The van der Waals surface area contributed by atoms with Crippen LogP contribution in [0.4, 0.5) is 10.6 Å². The van der Waals surface area contributed by atoms with Crippen LogP contribution >= 0.6 is 0 Å². The number of aliphatic carboxylic acids is 1. The van der Waals surface area contributed by atoms with Gasteiger partial charge in [0, 0.05) is 31.6 Å². The second-order valence-corrected chi connectivity index (χ2v) is 9.12. The highest BCUT2D eigenvalue weighted by atomic mass is 16.5. The molecular formula is C26H26N4O5. The number of nitrogens with one attached hydrogen (secondary N) is 2. The van der Waals surface area contributed by atoms with Crippen molar-refractivity contribution in [1.82, 2.24) is 15.1 Å². The van der Waals surface area contributed by atoms with E-state index in [4.69, 9.17) is 9.84 Å². The van der Waals surface area contributed by atoms with E-state index >= 15 is 0 Å². The van der Waals surface area contributed by atoms with Crippen LogP contribution < -0.4 is 10.6 Å². The fourth-order valence-corrected chi connectivity index (χ4v) is 5.01. The number of aromatic nitrogens is 2. The molecule has 1 fully saturated rings. The molecule has 0 unspecified atom stereocenters. The molecular weight excluding hydrogens is 448 g/mol. The topological polar surface area (TPSA) is 123 Å². The Balaban J connectivity index is 1.21. The Labute approximate surface area is 202 Å². The van der Waals surface area contributed by atoms with Crippen LogP contribution in [0.3, 0.4) is 0 Å². The highest BCUT2D eigenvalue weighted by Gasteiger charge is 2.33. The van der Waals surface area contributed by atoms with Crippen molar-refractivity contribution in [3.8, 4) is 11.1 Å². The van der Waals surface area contributed by atoms with E-state index in [0.29, 0.717) is 12.8 Å². The SMILES string of the molecule is Cn1cc(C(=O)NC2CC(CC(=O)O)C2)c(NC(=O)OCC2c3ccccc3-c3ccccc32)n1. The highest BCUT2D eigenvalue weighted by Crippen LogP contribution is 2.44. The van der Waals surface area contributed by atoms with Crippen molar-refractivity contribution < 1.29 is 24.2 Å². The average Bonchev–Trinajstić information content (AvgIpc) is 3.33. The third-order valence-electron chi connectivity index (χ3n) is 6.67. The second-order valence-electron chi connectivity index (χ2n) is 9.12. The van der Waals surface area contributed by atoms with E-state index in [1.165, 1.54) is 10.9 Å². The Hall–Kier alpha value is -4.14. The molecule has 1 aromatic heterocycles. The number of nitrogens with zero attached hydrogens (tertiary/aromatic N) is 2. The van der Waals surface area contributed by atoms with Crippen molar-refractivity contribution in [1.29, 1.82) is 0 Å². The number of ether oxygens (including phenoxy) is 1. The van der Waals surface area contributed by atoms with Gasteiger partial charge in [0.2, 0.25) is 0 Å². The predicted octanol–water partition coefficient (Wildman–Crippen LogP) is 3.76. The first kappa shape index (κ1) is 22.6. The number of carbonyl (C=O) groups excluding carboxylic acids is 2. The molecule has 0 saturated heterocycles. The molecule has 1 heterocycles. The molecule has 5 rings (SSSR count). The van der Waals surface area contributed by atoms with Gasteiger partial charge >= 0.3 is 12.1 Å². The molecule has 3 aromatic rings. The molecule has 2 amide bonds. The van der Waals surface area contributed by atoms with E-state index in [1.54, 1.807) is 7.05 Å². The molecule has 9 nitrogen and oxygen atoms in total. The van der Waals surface area contributed by atoms with Crippen molar-refractivity contribution in [2.45, 2.75) is 31.2 Å². The van der Waals surface area contributed by atoms with Gasteiger partial charge in [0.1, 0.15) is 12.2 Å². The first-order chi connectivity index (χ1) is 16.9. The number of hydrogen-bond donors (Lipinski definition) is 3. The molecule has 0 radical (unpaired) electrons. The number of rotatable bonds is 7. The quantitative estimate of drug-likeness (QED) is 0.479. The molecule has 35 heavy (non-hydrogen) atoms. The molecule has 0 bridgehead atoms. The Morgan fingerprint density at radius 1 is 1.06 bits per heavy atom. The van der Waals surface area contributed by atoms with E-state index in [9.17, 15) is 14.4 Å². The summed E-state index contributed by atoms with van der Waals surface area (Å²) in [4.78, 5) is 36.2. The number of hydrogen-bond acceptors (Lipinski definition) is 5. The van der Waals surface area contributed by atoms with Crippen LogP contribution in [0.2, 0.25) is 0 Å². The van der Waals surface area contributed by atoms with Gasteiger partial charge in [-0.2, -0.15) is 5.10 Å². The molecule has 0 atom stereocenters. The summed E-state index contributed by atoms with van der Waals surface area (Å²) in [6.45, 7) is 0.154. The lowest BCUT2D eigenvalue weighted by Gasteiger charge is -2.34. The van der Waals surface area contributed by atoms with Gasteiger partial charge in [-0.1, -0.05) is 48.5 Å². The normalized spacial score (nSPS) is 18.2. The van der Waals surface area contributed by atoms with Gasteiger partial charge in [-0.25, -0.2) is 4.79 Å². The monoisotopic (exact) mass is 474 g/mol. The number of carboxylic acid groups (broad SMARTS) is 1. The first-order valence-corrected chi connectivity index (χ1v) is 11.6. The maximum absolute atomic E-state index is 12.8. The van der Waals surface area contributed by atoms with Crippen LogP contribution in [0.1, 0.15) is 46.7 Å². The number of aryl methyl sites for hydroxylation is 1. The summed E-state index contributed by atoms with van der Waals surface area (Å²) in [6, 6.07) is 16.1. The molecule has 9 heteroatoms. The van der Waals surface area contributed by atoms with Crippen LogP contribution in [0.15, 0.2) is 54.7 Å². The molecule has 2 aliphatic carbocycles. The summed E-state index contributed by atoms with van der Waals surface area (Å²) in [5, 5.41) is 18.6. The summed E-state index contributed by atoms with van der Waals surface area (Å²) < 4.78 is 7.01. The number of benzene rings is 2. The van der Waals surface area contributed by atoms with E-state index in [-0.39, 0.29) is 48.2 Å². The van der Waals surface area contributed by atoms with Crippen molar-refractivity contribution in [2.75, 3.05) is 11.9 Å². The van der Waals surface area contributed by atoms with Gasteiger partial charge < -0.3 is 15.2 Å².